The Hall–Kier alpha value is -2.14. The number of fused-ring (bicyclic) bond motifs is 1. The molecule has 1 heterocycles. The van der Waals surface area contributed by atoms with Crippen molar-refractivity contribution in [3.05, 3.63) is 36.0 Å². The summed E-state index contributed by atoms with van der Waals surface area (Å²) in [5, 5.41) is 10.1. The summed E-state index contributed by atoms with van der Waals surface area (Å²) < 4.78 is 5.11. The zero-order valence-corrected chi connectivity index (χ0v) is 11.7. The first-order valence-electron chi connectivity index (χ1n) is 6.54. The second-order valence-corrected chi connectivity index (χ2v) is 4.42. The van der Waals surface area contributed by atoms with Gasteiger partial charge in [0.15, 0.2) is 5.69 Å². The zero-order valence-electron chi connectivity index (χ0n) is 11.7. The number of hydrogen-bond acceptors (Lipinski definition) is 4. The van der Waals surface area contributed by atoms with Gasteiger partial charge < -0.3 is 14.7 Å². The Balaban J connectivity index is 2.56. The Morgan fingerprint density at radius 2 is 2.15 bits per heavy atom. The number of rotatable bonds is 6. The molecule has 0 fully saturated rings. The quantitative estimate of drug-likeness (QED) is 0.876. The van der Waals surface area contributed by atoms with Crippen LogP contribution in [0.3, 0.4) is 0 Å². The van der Waals surface area contributed by atoms with E-state index in [2.05, 4.69) is 9.88 Å². The molecule has 1 aromatic carbocycles. The monoisotopic (exact) mass is 274 g/mol. The van der Waals surface area contributed by atoms with E-state index in [1.807, 2.05) is 31.2 Å². The first-order valence-corrected chi connectivity index (χ1v) is 6.54. The maximum atomic E-state index is 11.2. The number of carboxylic acid groups (broad SMARTS) is 1. The van der Waals surface area contributed by atoms with E-state index in [0.29, 0.717) is 18.7 Å². The SMILES string of the molecule is CCN(CCOC)c1cc(C(=O)O)nc2ccccc12. The second-order valence-electron chi connectivity index (χ2n) is 4.42. The topological polar surface area (TPSA) is 62.7 Å². The molecular formula is C15H18N2O3. The minimum atomic E-state index is -1.01. The summed E-state index contributed by atoms with van der Waals surface area (Å²) in [6, 6.07) is 9.20. The van der Waals surface area contributed by atoms with Gasteiger partial charge in [-0.2, -0.15) is 0 Å². The van der Waals surface area contributed by atoms with Crippen molar-refractivity contribution in [2.45, 2.75) is 6.92 Å². The maximum absolute atomic E-state index is 11.2. The van der Waals surface area contributed by atoms with E-state index in [-0.39, 0.29) is 5.69 Å². The number of anilines is 1. The Bertz CT molecular complexity index is 613. The summed E-state index contributed by atoms with van der Waals surface area (Å²) in [6.07, 6.45) is 0. The summed E-state index contributed by atoms with van der Waals surface area (Å²) in [4.78, 5) is 17.5. The van der Waals surface area contributed by atoms with Crippen LogP contribution in [0.25, 0.3) is 10.9 Å². The highest BCUT2D eigenvalue weighted by Gasteiger charge is 2.14. The fourth-order valence-corrected chi connectivity index (χ4v) is 2.18. The summed E-state index contributed by atoms with van der Waals surface area (Å²) in [5.41, 5.74) is 1.64. The molecule has 0 aliphatic carbocycles. The van der Waals surface area contributed by atoms with Crippen LogP contribution in [0.2, 0.25) is 0 Å². The van der Waals surface area contributed by atoms with Crippen molar-refractivity contribution in [1.82, 2.24) is 4.98 Å². The van der Waals surface area contributed by atoms with Crippen molar-refractivity contribution in [2.24, 2.45) is 0 Å². The molecule has 0 bridgehead atoms. The highest BCUT2D eigenvalue weighted by Crippen LogP contribution is 2.26. The number of nitrogens with zero attached hydrogens (tertiary/aromatic N) is 2. The minimum Gasteiger partial charge on any atom is -0.477 e. The number of methoxy groups -OCH3 is 1. The van der Waals surface area contributed by atoms with E-state index in [4.69, 9.17) is 4.74 Å². The molecule has 0 atom stereocenters. The third-order valence-corrected chi connectivity index (χ3v) is 3.20. The predicted molar refractivity (Wildman–Crippen MR) is 78.5 cm³/mol. The number of para-hydroxylation sites is 1. The lowest BCUT2D eigenvalue weighted by atomic mass is 10.1. The fourth-order valence-electron chi connectivity index (χ4n) is 2.18. The van der Waals surface area contributed by atoms with Crippen molar-refractivity contribution < 1.29 is 14.6 Å². The molecule has 0 radical (unpaired) electrons. The van der Waals surface area contributed by atoms with Gasteiger partial charge in [-0.1, -0.05) is 18.2 Å². The first-order chi connectivity index (χ1) is 9.67. The summed E-state index contributed by atoms with van der Waals surface area (Å²) >= 11 is 0. The molecule has 0 saturated heterocycles. The molecule has 1 N–H and O–H groups in total. The van der Waals surface area contributed by atoms with Crippen molar-refractivity contribution in [2.75, 3.05) is 31.7 Å². The van der Waals surface area contributed by atoms with Gasteiger partial charge in [0.2, 0.25) is 0 Å². The van der Waals surface area contributed by atoms with E-state index in [1.54, 1.807) is 13.2 Å². The number of carboxylic acids is 1. The average Bonchev–Trinajstić information content (AvgIpc) is 2.47. The third kappa shape index (κ3) is 2.88. The minimum absolute atomic E-state index is 0.0644. The normalized spacial score (nSPS) is 10.7. The summed E-state index contributed by atoms with van der Waals surface area (Å²) in [7, 11) is 1.65. The van der Waals surface area contributed by atoms with Gasteiger partial charge in [-0.25, -0.2) is 9.78 Å². The van der Waals surface area contributed by atoms with Crippen molar-refractivity contribution in [1.29, 1.82) is 0 Å². The number of hydrogen-bond donors (Lipinski definition) is 1. The Labute approximate surface area is 117 Å². The number of pyridine rings is 1. The van der Waals surface area contributed by atoms with Crippen LogP contribution in [0.15, 0.2) is 30.3 Å². The summed E-state index contributed by atoms with van der Waals surface area (Å²) in [5.74, 6) is -1.01. The van der Waals surface area contributed by atoms with Crippen LogP contribution >= 0.6 is 0 Å². The predicted octanol–water partition coefficient (Wildman–Crippen LogP) is 2.41. The van der Waals surface area contributed by atoms with Gasteiger partial charge in [0, 0.05) is 31.3 Å². The van der Waals surface area contributed by atoms with Crippen molar-refractivity contribution in [3.8, 4) is 0 Å². The van der Waals surface area contributed by atoms with Crippen molar-refractivity contribution >= 4 is 22.6 Å². The molecule has 5 heteroatoms. The van der Waals surface area contributed by atoms with Gasteiger partial charge in [0.1, 0.15) is 0 Å². The smallest absolute Gasteiger partial charge is 0.354 e. The van der Waals surface area contributed by atoms with Crippen LogP contribution < -0.4 is 4.90 Å². The molecule has 0 unspecified atom stereocenters. The van der Waals surface area contributed by atoms with E-state index in [9.17, 15) is 9.90 Å². The Morgan fingerprint density at radius 3 is 2.80 bits per heavy atom. The molecule has 5 nitrogen and oxygen atoms in total. The zero-order chi connectivity index (χ0) is 14.5. The lowest BCUT2D eigenvalue weighted by Crippen LogP contribution is -2.27. The van der Waals surface area contributed by atoms with Crippen LogP contribution in [0, 0.1) is 0 Å². The summed E-state index contributed by atoms with van der Waals surface area (Å²) in [6.45, 7) is 4.11. The molecule has 0 aliphatic rings. The Morgan fingerprint density at radius 1 is 1.40 bits per heavy atom. The molecule has 0 spiro atoms. The van der Waals surface area contributed by atoms with Gasteiger partial charge in [0.25, 0.3) is 0 Å². The molecule has 20 heavy (non-hydrogen) atoms. The standard InChI is InChI=1S/C15H18N2O3/c1-3-17(8-9-20-2)14-10-13(15(18)19)16-12-7-5-4-6-11(12)14/h4-7,10H,3,8-9H2,1-2H3,(H,18,19). The molecule has 2 aromatic rings. The highest BCUT2D eigenvalue weighted by atomic mass is 16.5. The van der Waals surface area contributed by atoms with Crippen LogP contribution in [0.4, 0.5) is 5.69 Å². The largest absolute Gasteiger partial charge is 0.477 e. The number of likely N-dealkylation sites (N-methyl/N-ethyl adjacent to an activating group) is 1. The lowest BCUT2D eigenvalue weighted by Gasteiger charge is -2.24. The Kier molecular flexibility index (Phi) is 4.53. The lowest BCUT2D eigenvalue weighted by molar-refractivity contribution is 0.0691. The molecule has 0 aliphatic heterocycles. The number of benzene rings is 1. The molecular weight excluding hydrogens is 256 g/mol. The van der Waals surface area contributed by atoms with E-state index >= 15 is 0 Å². The van der Waals surface area contributed by atoms with E-state index in [1.165, 1.54) is 0 Å². The van der Waals surface area contributed by atoms with Crippen molar-refractivity contribution in [3.63, 3.8) is 0 Å². The van der Waals surface area contributed by atoms with Crippen LogP contribution in [-0.2, 0) is 4.74 Å². The molecule has 0 amide bonds. The maximum Gasteiger partial charge on any atom is 0.354 e. The molecule has 2 rings (SSSR count). The number of ether oxygens (including phenoxy) is 1. The first kappa shape index (κ1) is 14.3. The van der Waals surface area contributed by atoms with Crippen LogP contribution in [0.5, 0.6) is 0 Å². The fraction of sp³-hybridized carbons (Fsp3) is 0.333. The third-order valence-electron chi connectivity index (χ3n) is 3.20. The van der Waals surface area contributed by atoms with E-state index < -0.39 is 5.97 Å². The highest BCUT2D eigenvalue weighted by molar-refractivity contribution is 5.97. The second kappa shape index (κ2) is 6.34. The number of carbonyl (C=O) groups is 1. The van der Waals surface area contributed by atoms with Gasteiger partial charge in [-0.05, 0) is 19.1 Å². The van der Waals surface area contributed by atoms with Crippen LogP contribution in [-0.4, -0.2) is 42.9 Å². The average molecular weight is 274 g/mol. The molecule has 106 valence electrons. The van der Waals surface area contributed by atoms with E-state index in [0.717, 1.165) is 17.6 Å². The number of aromatic carboxylic acids is 1. The molecule has 0 saturated carbocycles. The van der Waals surface area contributed by atoms with Gasteiger partial charge in [0.05, 0.1) is 12.1 Å². The molecule has 1 aromatic heterocycles. The van der Waals surface area contributed by atoms with Gasteiger partial charge in [-0.3, -0.25) is 0 Å². The van der Waals surface area contributed by atoms with Gasteiger partial charge in [-0.15, -0.1) is 0 Å². The number of aromatic nitrogens is 1. The van der Waals surface area contributed by atoms with Gasteiger partial charge >= 0.3 is 5.97 Å². The van der Waals surface area contributed by atoms with Crippen LogP contribution in [0.1, 0.15) is 17.4 Å².